The number of fused-ring (bicyclic) bond motifs is 1. The Balaban J connectivity index is 0.000000141. The predicted molar refractivity (Wildman–Crippen MR) is 75.6 cm³/mol. The van der Waals surface area contributed by atoms with Crippen LogP contribution in [0.15, 0.2) is 66.9 Å². The normalized spacial score (nSPS) is 9.47. The molecule has 3 rings (SSSR count). The van der Waals surface area contributed by atoms with Crippen LogP contribution < -0.4 is 0 Å². The summed E-state index contributed by atoms with van der Waals surface area (Å²) in [6, 6.07) is 19.8. The number of para-hydroxylation sites is 1. The Kier molecular flexibility index (Phi) is 4.76. The summed E-state index contributed by atoms with van der Waals surface area (Å²) in [5, 5.41) is 1.28. The van der Waals surface area contributed by atoms with E-state index < -0.39 is 0 Å². The SMILES string of the molecule is O=COCc1ccccc1.c1ccc2[nH]ccc2c1. The predicted octanol–water partition coefficient (Wildman–Crippen LogP) is 3.53. The van der Waals surface area contributed by atoms with Gasteiger partial charge in [-0.15, -0.1) is 0 Å². The molecule has 19 heavy (non-hydrogen) atoms. The van der Waals surface area contributed by atoms with Crippen molar-refractivity contribution in [3.63, 3.8) is 0 Å². The molecule has 96 valence electrons. The third-order valence-corrected chi connectivity index (χ3v) is 2.62. The summed E-state index contributed by atoms with van der Waals surface area (Å²) in [6.45, 7) is 0.817. The molecule has 0 amide bonds. The first-order chi connectivity index (χ1) is 9.40. The standard InChI is InChI=1S/C8H7N.C8H8O2/c1-2-4-8-7(3-1)5-6-9-8;9-7-10-6-8-4-2-1-3-5-8/h1-6,9H;1-5,7H,6H2. The number of ether oxygens (including phenoxy) is 1. The summed E-state index contributed by atoms with van der Waals surface area (Å²) in [4.78, 5) is 12.9. The van der Waals surface area contributed by atoms with Gasteiger partial charge in [-0.25, -0.2) is 0 Å². The first-order valence-corrected chi connectivity index (χ1v) is 6.01. The molecule has 0 atom stereocenters. The van der Waals surface area contributed by atoms with Gasteiger partial charge in [0, 0.05) is 11.7 Å². The maximum Gasteiger partial charge on any atom is 0.293 e. The van der Waals surface area contributed by atoms with E-state index in [2.05, 4.69) is 27.9 Å². The molecule has 0 unspecified atom stereocenters. The lowest BCUT2D eigenvalue weighted by atomic mass is 10.2. The molecule has 3 heteroatoms. The van der Waals surface area contributed by atoms with Gasteiger partial charge in [-0.2, -0.15) is 0 Å². The van der Waals surface area contributed by atoms with E-state index in [-0.39, 0.29) is 0 Å². The zero-order valence-electron chi connectivity index (χ0n) is 10.5. The van der Waals surface area contributed by atoms with Crippen molar-refractivity contribution in [2.45, 2.75) is 6.61 Å². The minimum Gasteiger partial charge on any atom is -0.463 e. The van der Waals surface area contributed by atoms with E-state index in [1.807, 2.05) is 48.7 Å². The largest absolute Gasteiger partial charge is 0.463 e. The second-order valence-corrected chi connectivity index (χ2v) is 3.96. The molecule has 0 aliphatic heterocycles. The highest BCUT2D eigenvalue weighted by Crippen LogP contribution is 2.09. The van der Waals surface area contributed by atoms with E-state index in [4.69, 9.17) is 0 Å². The van der Waals surface area contributed by atoms with Crippen LogP contribution in [0.3, 0.4) is 0 Å². The highest BCUT2D eigenvalue weighted by atomic mass is 16.5. The quantitative estimate of drug-likeness (QED) is 0.725. The second-order valence-electron chi connectivity index (χ2n) is 3.96. The third-order valence-electron chi connectivity index (χ3n) is 2.62. The number of carbonyl (C=O) groups excluding carboxylic acids is 1. The average molecular weight is 253 g/mol. The van der Waals surface area contributed by atoms with Gasteiger partial charge in [0.1, 0.15) is 6.61 Å². The Bertz CT molecular complexity index is 586. The molecular weight excluding hydrogens is 238 g/mol. The molecule has 1 N–H and O–H groups in total. The van der Waals surface area contributed by atoms with Crippen molar-refractivity contribution < 1.29 is 9.53 Å². The van der Waals surface area contributed by atoms with E-state index in [9.17, 15) is 4.79 Å². The molecule has 0 bridgehead atoms. The molecule has 0 fully saturated rings. The maximum absolute atomic E-state index is 9.76. The van der Waals surface area contributed by atoms with E-state index in [1.54, 1.807) is 0 Å². The topological polar surface area (TPSA) is 42.1 Å². The first-order valence-electron chi connectivity index (χ1n) is 6.01. The molecule has 0 aliphatic rings. The highest BCUT2D eigenvalue weighted by Gasteiger charge is 1.87. The Hall–Kier alpha value is -2.55. The van der Waals surface area contributed by atoms with Gasteiger partial charge in [-0.3, -0.25) is 4.79 Å². The molecule has 2 aromatic carbocycles. The Morgan fingerprint density at radius 2 is 1.68 bits per heavy atom. The molecule has 1 aromatic heterocycles. The van der Waals surface area contributed by atoms with E-state index in [1.165, 1.54) is 10.9 Å². The van der Waals surface area contributed by atoms with Gasteiger partial charge >= 0.3 is 0 Å². The zero-order valence-corrected chi connectivity index (χ0v) is 10.5. The Morgan fingerprint density at radius 1 is 0.947 bits per heavy atom. The van der Waals surface area contributed by atoms with Crippen LogP contribution in [0.4, 0.5) is 0 Å². The number of carbonyl (C=O) groups is 1. The molecule has 0 radical (unpaired) electrons. The average Bonchev–Trinajstić information content (AvgIpc) is 2.95. The van der Waals surface area contributed by atoms with Gasteiger partial charge in [0.2, 0.25) is 0 Å². The molecule has 0 saturated carbocycles. The van der Waals surface area contributed by atoms with Crippen LogP contribution >= 0.6 is 0 Å². The number of aromatic amines is 1. The summed E-state index contributed by atoms with van der Waals surface area (Å²) in [7, 11) is 0. The molecular formula is C16H15NO2. The van der Waals surface area contributed by atoms with Gasteiger partial charge in [-0.1, -0.05) is 48.5 Å². The van der Waals surface area contributed by atoms with Crippen molar-refractivity contribution in [1.82, 2.24) is 4.98 Å². The van der Waals surface area contributed by atoms with Crippen molar-refractivity contribution in [3.05, 3.63) is 72.4 Å². The lowest BCUT2D eigenvalue weighted by Gasteiger charge is -1.95. The fraction of sp³-hybridized carbons (Fsp3) is 0.0625. The van der Waals surface area contributed by atoms with Crippen molar-refractivity contribution in [1.29, 1.82) is 0 Å². The number of benzene rings is 2. The monoisotopic (exact) mass is 253 g/mol. The van der Waals surface area contributed by atoms with E-state index >= 15 is 0 Å². The van der Waals surface area contributed by atoms with E-state index in [0.29, 0.717) is 13.1 Å². The summed E-state index contributed by atoms with van der Waals surface area (Å²) >= 11 is 0. The van der Waals surface area contributed by atoms with Crippen molar-refractivity contribution in [3.8, 4) is 0 Å². The number of hydrogen-bond acceptors (Lipinski definition) is 2. The van der Waals surface area contributed by atoms with Crippen LogP contribution in [0, 0.1) is 0 Å². The third kappa shape index (κ3) is 4.00. The van der Waals surface area contributed by atoms with Gasteiger partial charge in [0.25, 0.3) is 6.47 Å². The number of hydrogen-bond donors (Lipinski definition) is 1. The smallest absolute Gasteiger partial charge is 0.293 e. The van der Waals surface area contributed by atoms with Crippen molar-refractivity contribution >= 4 is 17.4 Å². The Labute approximate surface area is 111 Å². The number of rotatable bonds is 3. The van der Waals surface area contributed by atoms with Crippen molar-refractivity contribution in [2.24, 2.45) is 0 Å². The summed E-state index contributed by atoms with van der Waals surface area (Å²) < 4.78 is 4.54. The summed E-state index contributed by atoms with van der Waals surface area (Å²) in [5.74, 6) is 0. The van der Waals surface area contributed by atoms with Crippen LogP contribution in [0.2, 0.25) is 0 Å². The van der Waals surface area contributed by atoms with Crippen LogP contribution in [0.1, 0.15) is 5.56 Å². The lowest BCUT2D eigenvalue weighted by Crippen LogP contribution is -1.88. The van der Waals surface area contributed by atoms with Crippen LogP contribution in [-0.4, -0.2) is 11.5 Å². The molecule has 3 aromatic rings. The molecule has 0 spiro atoms. The van der Waals surface area contributed by atoms with Crippen molar-refractivity contribution in [2.75, 3.05) is 0 Å². The van der Waals surface area contributed by atoms with Crippen LogP contribution in [0.5, 0.6) is 0 Å². The fourth-order valence-electron chi connectivity index (χ4n) is 1.70. The number of aromatic nitrogens is 1. The number of H-pyrrole nitrogens is 1. The summed E-state index contributed by atoms with van der Waals surface area (Å²) in [6.07, 6.45) is 1.95. The molecule has 1 heterocycles. The molecule has 0 aliphatic carbocycles. The number of nitrogens with one attached hydrogen (secondary N) is 1. The summed E-state index contributed by atoms with van der Waals surface area (Å²) in [5.41, 5.74) is 2.21. The Morgan fingerprint density at radius 3 is 2.42 bits per heavy atom. The van der Waals surface area contributed by atoms with Crippen LogP contribution in [0.25, 0.3) is 10.9 Å². The zero-order chi connectivity index (χ0) is 13.3. The van der Waals surface area contributed by atoms with Gasteiger partial charge in [0.05, 0.1) is 0 Å². The minimum atomic E-state index is 0.365. The van der Waals surface area contributed by atoms with Gasteiger partial charge < -0.3 is 9.72 Å². The molecule has 0 saturated heterocycles. The minimum absolute atomic E-state index is 0.365. The second kappa shape index (κ2) is 7.01. The van der Waals surface area contributed by atoms with Gasteiger partial charge in [-0.05, 0) is 23.1 Å². The first kappa shape index (κ1) is 12.9. The maximum atomic E-state index is 9.76. The van der Waals surface area contributed by atoms with Gasteiger partial charge in [0.15, 0.2) is 0 Å². The van der Waals surface area contributed by atoms with E-state index in [0.717, 1.165) is 5.56 Å². The highest BCUT2D eigenvalue weighted by molar-refractivity contribution is 5.78. The molecule has 3 nitrogen and oxygen atoms in total. The van der Waals surface area contributed by atoms with Crippen LogP contribution in [-0.2, 0) is 16.1 Å². The lowest BCUT2D eigenvalue weighted by molar-refractivity contribution is -0.129. The fourth-order valence-corrected chi connectivity index (χ4v) is 1.70.